The van der Waals surface area contributed by atoms with Crippen molar-refractivity contribution < 1.29 is 13.7 Å². The predicted molar refractivity (Wildman–Crippen MR) is 154 cm³/mol. The number of rotatable bonds is 5. The van der Waals surface area contributed by atoms with Gasteiger partial charge < -0.3 is 13.5 Å². The van der Waals surface area contributed by atoms with Crippen LogP contribution in [0.3, 0.4) is 0 Å². The van der Waals surface area contributed by atoms with Crippen molar-refractivity contribution in [3.63, 3.8) is 0 Å². The van der Waals surface area contributed by atoms with Crippen molar-refractivity contribution in [3.8, 4) is 5.75 Å². The molecule has 1 aromatic rings. The number of benzene rings is 1. The van der Waals surface area contributed by atoms with Crippen molar-refractivity contribution in [2.75, 3.05) is 4.57 Å². The molecule has 0 fully saturated rings. The molecule has 8 heteroatoms. The van der Waals surface area contributed by atoms with Crippen LogP contribution in [0.15, 0.2) is 23.4 Å². The Morgan fingerprint density at radius 3 is 1.71 bits per heavy atom. The topological polar surface area (TPSA) is 51.1 Å². The van der Waals surface area contributed by atoms with E-state index in [1.165, 1.54) is 0 Å². The largest absolute Gasteiger partial charge is 0.543 e. The average Bonchev–Trinajstić information content (AvgIpc) is 2.87. The second-order valence-corrected chi connectivity index (χ2v) is 28.8. The van der Waals surface area contributed by atoms with Gasteiger partial charge in [0.05, 0.1) is 0 Å². The van der Waals surface area contributed by atoms with Gasteiger partial charge in [-0.3, -0.25) is 4.79 Å². The zero-order valence-electron chi connectivity index (χ0n) is 24.4. The van der Waals surface area contributed by atoms with E-state index in [1.54, 1.807) is 0 Å². The Morgan fingerprint density at radius 2 is 1.26 bits per heavy atom. The van der Waals surface area contributed by atoms with Crippen LogP contribution in [0.25, 0.3) is 0 Å². The first-order valence-corrected chi connectivity index (χ1v) is 21.1. The molecule has 5 nitrogen and oxygen atoms in total. The van der Waals surface area contributed by atoms with Crippen LogP contribution < -0.4 is 8.99 Å². The van der Waals surface area contributed by atoms with Gasteiger partial charge in [-0.1, -0.05) is 80.6 Å². The van der Waals surface area contributed by atoms with Crippen LogP contribution in [-0.2, 0) is 9.32 Å². The van der Waals surface area contributed by atoms with Crippen LogP contribution in [0.4, 0.5) is 5.69 Å². The van der Waals surface area contributed by atoms with Gasteiger partial charge in [0.2, 0.25) is 8.32 Å². The molecule has 192 valence electrons. The maximum Gasteiger partial charge on any atom is 0.286 e. The van der Waals surface area contributed by atoms with E-state index in [2.05, 4.69) is 113 Å². The van der Waals surface area contributed by atoms with Crippen molar-refractivity contribution in [2.24, 2.45) is 5.16 Å². The lowest BCUT2D eigenvalue weighted by molar-refractivity contribution is -0.111. The lowest BCUT2D eigenvalue weighted by Crippen LogP contribution is -2.57. The minimum absolute atomic E-state index is 0.00151. The lowest BCUT2D eigenvalue weighted by Gasteiger charge is -2.44. The van der Waals surface area contributed by atoms with Gasteiger partial charge in [-0.25, -0.2) is 0 Å². The van der Waals surface area contributed by atoms with Gasteiger partial charge in [0.1, 0.15) is 5.75 Å². The SMILES string of the molecule is CC(C)(C)[Si](C)(C)O/N=C1\C(=O)N([Si](C)(C)C(C)(C)C)c2cc(O[Si](C)(C)C(C)(C)C)ccc21. The highest BCUT2D eigenvalue weighted by Crippen LogP contribution is 2.46. The fourth-order valence-electron chi connectivity index (χ4n) is 3.01. The van der Waals surface area contributed by atoms with Crippen LogP contribution in [0.5, 0.6) is 5.75 Å². The third kappa shape index (κ3) is 5.23. The summed E-state index contributed by atoms with van der Waals surface area (Å²) in [5.74, 6) is 0.776. The van der Waals surface area contributed by atoms with E-state index in [0.29, 0.717) is 5.71 Å². The number of hydrogen-bond donors (Lipinski definition) is 0. The van der Waals surface area contributed by atoms with Gasteiger partial charge in [-0.05, 0) is 53.4 Å². The maximum absolute atomic E-state index is 13.9. The molecule has 0 unspecified atom stereocenters. The van der Waals surface area contributed by atoms with E-state index in [4.69, 9.17) is 8.95 Å². The second-order valence-electron chi connectivity index (χ2n) is 14.3. The monoisotopic (exact) mass is 520 g/mol. The Bertz CT molecular complexity index is 978. The van der Waals surface area contributed by atoms with Crippen molar-refractivity contribution in [2.45, 2.75) is 117 Å². The summed E-state index contributed by atoms with van der Waals surface area (Å²) < 4.78 is 14.8. The van der Waals surface area contributed by atoms with Crippen LogP contribution in [0.1, 0.15) is 67.9 Å². The molecule has 0 atom stereocenters. The van der Waals surface area contributed by atoms with Crippen LogP contribution in [0, 0.1) is 0 Å². The molecule has 34 heavy (non-hydrogen) atoms. The minimum atomic E-state index is -2.24. The highest BCUT2D eigenvalue weighted by molar-refractivity contribution is 6.90. The number of anilines is 1. The Morgan fingerprint density at radius 1 is 0.765 bits per heavy atom. The van der Waals surface area contributed by atoms with Crippen LogP contribution in [0.2, 0.25) is 54.4 Å². The normalized spacial score (nSPS) is 17.3. The van der Waals surface area contributed by atoms with Gasteiger partial charge in [0, 0.05) is 17.3 Å². The summed E-state index contributed by atoms with van der Waals surface area (Å²) in [5, 5.41) is 4.62. The van der Waals surface area contributed by atoms with Gasteiger partial charge in [-0.2, -0.15) is 0 Å². The molecule has 1 aliphatic rings. The second kappa shape index (κ2) is 8.62. The summed E-state index contributed by atoms with van der Waals surface area (Å²) in [7, 11) is -6.42. The summed E-state index contributed by atoms with van der Waals surface area (Å²) in [4.78, 5) is 13.9. The summed E-state index contributed by atoms with van der Waals surface area (Å²) in [6.45, 7) is 33.2. The van der Waals surface area contributed by atoms with Gasteiger partial charge >= 0.3 is 0 Å². The minimum Gasteiger partial charge on any atom is -0.543 e. The molecule has 1 aromatic carbocycles. The van der Waals surface area contributed by atoms with Gasteiger partial charge in [0.15, 0.2) is 13.9 Å². The molecule has 0 N–H and O–H groups in total. The first-order chi connectivity index (χ1) is 14.9. The number of oxime groups is 1. The molecule has 1 heterocycles. The number of hydrogen-bond acceptors (Lipinski definition) is 4. The molecule has 0 saturated carbocycles. The molecule has 0 bridgehead atoms. The third-order valence-corrected chi connectivity index (χ3v) is 22.4. The van der Waals surface area contributed by atoms with E-state index in [-0.39, 0.29) is 21.0 Å². The zero-order valence-corrected chi connectivity index (χ0v) is 27.4. The zero-order chi connectivity index (χ0) is 26.7. The lowest BCUT2D eigenvalue weighted by atomic mass is 10.1. The van der Waals surface area contributed by atoms with Crippen LogP contribution in [-0.4, -0.2) is 36.5 Å². The molecule has 0 radical (unpaired) electrons. The van der Waals surface area contributed by atoms with E-state index >= 15 is 0 Å². The summed E-state index contributed by atoms with van der Waals surface area (Å²) in [6, 6.07) is 6.04. The highest BCUT2D eigenvalue weighted by atomic mass is 28.4. The summed E-state index contributed by atoms with van der Waals surface area (Å²) >= 11 is 0. The average molecular weight is 521 g/mol. The Hall–Kier alpha value is -1.39. The number of amides is 1. The molecule has 0 saturated heterocycles. The van der Waals surface area contributed by atoms with E-state index in [9.17, 15) is 4.79 Å². The number of nitrogens with zero attached hydrogens (tertiary/aromatic N) is 2. The predicted octanol–water partition coefficient (Wildman–Crippen LogP) is 8.15. The molecule has 0 aromatic heterocycles. The third-order valence-electron chi connectivity index (χ3n) is 8.62. The van der Waals surface area contributed by atoms with E-state index in [0.717, 1.165) is 17.0 Å². The smallest absolute Gasteiger partial charge is 0.286 e. The van der Waals surface area contributed by atoms with Crippen molar-refractivity contribution in [1.82, 2.24) is 0 Å². The number of carbonyl (C=O) groups is 1. The van der Waals surface area contributed by atoms with Gasteiger partial charge in [-0.15, -0.1) is 0 Å². The molecule has 0 spiro atoms. The maximum atomic E-state index is 13.9. The molecule has 1 aliphatic heterocycles. The summed E-state index contributed by atoms with van der Waals surface area (Å²) in [5.41, 5.74) is 2.17. The first-order valence-electron chi connectivity index (χ1n) is 12.4. The van der Waals surface area contributed by atoms with E-state index in [1.807, 2.05) is 16.7 Å². The van der Waals surface area contributed by atoms with Crippen molar-refractivity contribution in [3.05, 3.63) is 23.8 Å². The highest BCUT2D eigenvalue weighted by Gasteiger charge is 2.51. The number of fused-ring (bicyclic) bond motifs is 1. The summed E-state index contributed by atoms with van der Waals surface area (Å²) in [6.07, 6.45) is 0. The van der Waals surface area contributed by atoms with Crippen molar-refractivity contribution >= 4 is 42.2 Å². The molecular weight excluding hydrogens is 473 g/mol. The quantitative estimate of drug-likeness (QED) is 0.291. The van der Waals surface area contributed by atoms with Gasteiger partial charge in [0.25, 0.3) is 14.2 Å². The number of carbonyl (C=O) groups excluding carboxylic acids is 1. The standard InChI is InChI=1S/C26H48N2O3Si3/c1-24(2,3)32(10,11)28-21-18-19(30-33(12,13)25(4,5)6)16-17-20(21)22(23(28)29)27-31-34(14,15)26(7,8)9/h16-18H,1-15H3/b27-22-. The molecular formula is C26H48N2O3Si3. The Labute approximate surface area is 211 Å². The van der Waals surface area contributed by atoms with Crippen LogP contribution >= 0.6 is 0 Å². The fourth-order valence-corrected chi connectivity index (χ4v) is 6.70. The molecule has 0 aliphatic carbocycles. The Kier molecular flexibility index (Phi) is 7.32. The fraction of sp³-hybridized carbons (Fsp3) is 0.692. The molecule has 2 rings (SSSR count). The Balaban J connectivity index is 2.66. The molecule has 1 amide bonds. The van der Waals surface area contributed by atoms with E-state index < -0.39 is 24.9 Å². The first kappa shape index (κ1) is 28.8. The van der Waals surface area contributed by atoms with Crippen molar-refractivity contribution in [1.29, 1.82) is 0 Å².